The summed E-state index contributed by atoms with van der Waals surface area (Å²) in [7, 11) is -5.29. The first-order valence-electron chi connectivity index (χ1n) is 15.5. The van der Waals surface area contributed by atoms with Gasteiger partial charge < -0.3 is 44.4 Å². The number of benzene rings is 4. The second-order valence-electron chi connectivity index (χ2n) is 11.5. The van der Waals surface area contributed by atoms with E-state index in [0.29, 0.717) is 43.1 Å². The Morgan fingerprint density at radius 2 is 1.16 bits per heavy atom. The van der Waals surface area contributed by atoms with Crippen LogP contribution in [0.15, 0.2) is 88.9 Å². The van der Waals surface area contributed by atoms with Crippen LogP contribution >= 0.6 is 63.7 Å². The average Bonchev–Trinajstić information content (AvgIpc) is 3.10. The van der Waals surface area contributed by atoms with Gasteiger partial charge in [0.05, 0.1) is 17.9 Å². The molecule has 0 aliphatic carbocycles. The quantitative estimate of drug-likeness (QED) is 0.0641. The summed E-state index contributed by atoms with van der Waals surface area (Å²) in [6.07, 6.45) is 0.329. The number of carbonyl (C=O) groups is 2. The number of ether oxygens (including phenoxy) is 2. The zero-order valence-electron chi connectivity index (χ0n) is 28.4. The van der Waals surface area contributed by atoms with E-state index in [-0.39, 0.29) is 99.9 Å². The molecule has 55 heavy (non-hydrogen) atoms. The van der Waals surface area contributed by atoms with Gasteiger partial charge in [-0.1, -0.05) is 22.4 Å². The van der Waals surface area contributed by atoms with Crippen LogP contribution in [0, 0.1) is 0 Å². The number of hydrogen-bond acceptors (Lipinski definition) is 13. The van der Waals surface area contributed by atoms with Crippen molar-refractivity contribution >= 4 is 97.4 Å². The molecular formula is C34H27Br4N4NaO11S. The van der Waals surface area contributed by atoms with Gasteiger partial charge in [0.2, 0.25) is 0 Å². The normalized spacial score (nSPS) is 15.9. The van der Waals surface area contributed by atoms with Gasteiger partial charge in [-0.3, -0.25) is 9.59 Å². The first-order valence-corrected chi connectivity index (χ1v) is 20.0. The number of fused-ring (bicyclic) bond motifs is 2. The molecular weight excluding hydrogens is 1020 g/mol. The molecule has 7 rings (SSSR count). The fraction of sp³-hybridized carbons (Fsp3) is 0.176. The van der Waals surface area contributed by atoms with Crippen LogP contribution in [0.2, 0.25) is 0 Å². The van der Waals surface area contributed by atoms with Crippen LogP contribution < -0.4 is 53.8 Å². The van der Waals surface area contributed by atoms with E-state index in [1.807, 2.05) is 0 Å². The predicted octanol–water partition coefficient (Wildman–Crippen LogP) is 3.65. The Labute approximate surface area is 370 Å². The molecule has 284 valence electrons. The number of hydrogen-bond donors (Lipinski definition) is 5. The number of nitrogens with zero attached hydrogens (tertiary/aromatic N) is 2. The van der Waals surface area contributed by atoms with E-state index in [4.69, 9.17) is 9.47 Å². The summed E-state index contributed by atoms with van der Waals surface area (Å²) in [4.78, 5) is 26.1. The van der Waals surface area contributed by atoms with Crippen molar-refractivity contribution in [2.45, 2.75) is 25.7 Å². The molecule has 8 bridgehead atoms. The van der Waals surface area contributed by atoms with Crippen LogP contribution in [-0.2, 0) is 45.7 Å². The first kappa shape index (κ1) is 44.5. The van der Waals surface area contributed by atoms with Crippen LogP contribution in [0.3, 0.4) is 0 Å². The number of aromatic hydroxyl groups is 1. The van der Waals surface area contributed by atoms with Gasteiger partial charge in [0, 0.05) is 25.9 Å². The van der Waals surface area contributed by atoms with E-state index in [2.05, 4.69) is 88.8 Å². The molecule has 0 saturated heterocycles. The molecule has 21 heteroatoms. The second kappa shape index (κ2) is 19.8. The third-order valence-electron chi connectivity index (χ3n) is 7.67. The number of halogens is 4. The van der Waals surface area contributed by atoms with Crippen molar-refractivity contribution in [1.29, 1.82) is 0 Å². The van der Waals surface area contributed by atoms with Crippen molar-refractivity contribution in [2.75, 3.05) is 13.1 Å². The van der Waals surface area contributed by atoms with Gasteiger partial charge in [-0.15, -0.1) is 0 Å². The molecule has 4 aromatic carbocycles. The van der Waals surface area contributed by atoms with E-state index in [1.54, 1.807) is 42.5 Å². The summed E-state index contributed by atoms with van der Waals surface area (Å²) < 4.78 is 52.8. The predicted molar refractivity (Wildman–Crippen MR) is 208 cm³/mol. The second-order valence-corrected chi connectivity index (χ2v) is 15.9. The number of rotatable bonds is 2. The maximum atomic E-state index is 13.1. The molecule has 2 amide bonds. The van der Waals surface area contributed by atoms with Crippen molar-refractivity contribution in [1.82, 2.24) is 10.6 Å². The summed E-state index contributed by atoms with van der Waals surface area (Å²) in [6, 6.07) is 15.8. The number of oxime groups is 2. The van der Waals surface area contributed by atoms with Crippen molar-refractivity contribution in [2.24, 2.45) is 10.3 Å². The Hall–Kier alpha value is -3.21. The molecule has 0 spiro atoms. The molecule has 0 saturated carbocycles. The number of phenolic OH excluding ortho intramolecular Hbond substituents is 1. The third kappa shape index (κ3) is 12.1. The van der Waals surface area contributed by atoms with Crippen LogP contribution in [0.4, 0.5) is 0 Å². The zero-order valence-corrected chi connectivity index (χ0v) is 37.6. The SMILES string of the molecule is O=C1NCCc2ccc(c(Br)c2)Oc2cc(ccc2O)CCNC(=O)/C(=N/O)Cc2cc(Br)c(OS(=O)(=O)[O-])c(c2)Oc2c(Br)cc(cc2Br)C/C1=N\O.[Na+]. The van der Waals surface area contributed by atoms with E-state index in [9.17, 15) is 38.1 Å². The molecule has 4 aromatic rings. The summed E-state index contributed by atoms with van der Waals surface area (Å²) >= 11 is 13.5. The van der Waals surface area contributed by atoms with Gasteiger partial charge >= 0.3 is 29.6 Å². The van der Waals surface area contributed by atoms with Crippen LogP contribution in [-0.4, -0.2) is 64.8 Å². The molecule has 0 aromatic heterocycles. The van der Waals surface area contributed by atoms with Crippen molar-refractivity contribution in [3.63, 3.8) is 0 Å². The molecule has 3 aliphatic rings. The number of carbonyl (C=O) groups excluding carboxylic acids is 2. The molecule has 3 heterocycles. The van der Waals surface area contributed by atoms with Crippen molar-refractivity contribution in [3.05, 3.63) is 101 Å². The standard InChI is InChI=1S/C34H28Br4N4O11S.Na/c35-21-9-17-2-4-28(21)51-29-15-18(1-3-27(29)43)6-8-40-34(45)26(42-47)14-20-12-24(38)32(53-54(48,49)50)30(16-20)52-31-22(36)10-19(11-23(31)37)13-25(41-46)33(44)39-7-5-17;/h1-4,9-12,15-16,43,46-47H,5-8,13-14H2,(H,39,44)(H,40,45)(H,48,49,50);/q;+1/p-1/b41-25+,42-26+;. The average molecular weight is 1040 g/mol. The molecule has 3 aliphatic heterocycles. The molecule has 5 N–H and O–H groups in total. The van der Waals surface area contributed by atoms with E-state index in [0.717, 1.165) is 5.56 Å². The first-order chi connectivity index (χ1) is 25.6. The van der Waals surface area contributed by atoms with Gasteiger partial charge in [-0.05, 0) is 147 Å². The maximum absolute atomic E-state index is 13.1. The molecule has 0 unspecified atom stereocenters. The zero-order chi connectivity index (χ0) is 39.2. The summed E-state index contributed by atoms with van der Waals surface area (Å²) in [5, 5.41) is 41.7. The van der Waals surface area contributed by atoms with Crippen molar-refractivity contribution < 1.29 is 81.3 Å². The Bertz CT molecular complexity index is 2270. The minimum absolute atomic E-state index is 0. The monoisotopic (exact) mass is 1040 g/mol. The fourth-order valence-corrected chi connectivity index (χ4v) is 8.16. The summed E-state index contributed by atoms with van der Waals surface area (Å²) in [6.45, 7) is 0.306. The van der Waals surface area contributed by atoms with Gasteiger partial charge in [0.25, 0.3) is 22.2 Å². The number of nitrogens with one attached hydrogen (secondary N) is 2. The van der Waals surface area contributed by atoms with Gasteiger partial charge in [-0.2, -0.15) is 0 Å². The van der Waals surface area contributed by atoms with E-state index in [1.165, 1.54) is 18.2 Å². The van der Waals surface area contributed by atoms with Crippen LogP contribution in [0.25, 0.3) is 0 Å². The Kier molecular flexibility index (Phi) is 16.0. The molecule has 0 fully saturated rings. The van der Waals surface area contributed by atoms with Crippen LogP contribution in [0.5, 0.6) is 34.5 Å². The van der Waals surface area contributed by atoms with Gasteiger partial charge in [-0.25, -0.2) is 8.42 Å². The molecule has 15 nitrogen and oxygen atoms in total. The number of phenols is 1. The molecule has 0 atom stereocenters. The van der Waals surface area contributed by atoms with Crippen molar-refractivity contribution in [3.8, 4) is 34.5 Å². The third-order valence-corrected chi connectivity index (χ3v) is 10.4. The van der Waals surface area contributed by atoms with Gasteiger partial charge in [0.15, 0.2) is 28.7 Å². The Balaban J connectivity index is 0.00000673. The minimum Gasteiger partial charge on any atom is -0.716 e. The minimum atomic E-state index is -5.29. The van der Waals surface area contributed by atoms with E-state index >= 15 is 0 Å². The smallest absolute Gasteiger partial charge is 0.716 e. The summed E-state index contributed by atoms with van der Waals surface area (Å²) in [5.41, 5.74) is 1.81. The largest absolute Gasteiger partial charge is 1.00 e. The van der Waals surface area contributed by atoms with Crippen LogP contribution in [0.1, 0.15) is 22.3 Å². The van der Waals surface area contributed by atoms with Gasteiger partial charge in [0.1, 0.15) is 17.2 Å². The van der Waals surface area contributed by atoms with E-state index < -0.39 is 28.0 Å². The molecule has 0 radical (unpaired) electrons. The fourth-order valence-electron chi connectivity index (χ4n) is 5.15. The number of amides is 2. The summed E-state index contributed by atoms with van der Waals surface area (Å²) in [5.74, 6) is -1.57. The Morgan fingerprint density at radius 3 is 1.71 bits per heavy atom. The Morgan fingerprint density at radius 1 is 0.673 bits per heavy atom. The maximum Gasteiger partial charge on any atom is 1.00 e. The topological polar surface area (TPSA) is 228 Å².